The molecular weight excluding hydrogens is 476 g/mol. The molecule has 0 unspecified atom stereocenters. The van der Waals surface area contributed by atoms with E-state index in [2.05, 4.69) is 40.7 Å². The van der Waals surface area contributed by atoms with Crippen molar-refractivity contribution in [2.75, 3.05) is 11.9 Å². The molecule has 4 nitrogen and oxygen atoms in total. The third-order valence-electron chi connectivity index (χ3n) is 6.78. The van der Waals surface area contributed by atoms with Crippen LogP contribution >= 0.6 is 11.3 Å². The van der Waals surface area contributed by atoms with Crippen LogP contribution in [0.15, 0.2) is 59.4 Å². The van der Waals surface area contributed by atoms with E-state index in [1.807, 2.05) is 42.5 Å². The topological polar surface area (TPSA) is 42.2 Å². The van der Waals surface area contributed by atoms with Crippen molar-refractivity contribution in [2.24, 2.45) is 0 Å². The number of benzene rings is 2. The highest BCUT2D eigenvalue weighted by atomic mass is 32.1. The molecule has 2 aromatic carbocycles. The van der Waals surface area contributed by atoms with E-state index < -0.39 is 0 Å². The summed E-state index contributed by atoms with van der Waals surface area (Å²) in [5.41, 5.74) is 5.92. The molecule has 3 aromatic rings. The lowest BCUT2D eigenvalue weighted by Gasteiger charge is -2.09. The fourth-order valence-electron chi connectivity index (χ4n) is 4.52. The van der Waals surface area contributed by atoms with Crippen molar-refractivity contribution < 1.29 is 14.1 Å². The summed E-state index contributed by atoms with van der Waals surface area (Å²) in [4.78, 5) is 12.9. The van der Waals surface area contributed by atoms with Gasteiger partial charge in [0.25, 0.3) is 5.91 Å². The summed E-state index contributed by atoms with van der Waals surface area (Å²) in [6.07, 6.45) is 16.0. The molecule has 0 aliphatic rings. The number of thiazole rings is 1. The number of aromatic nitrogens is 1. The largest absolute Gasteiger partial charge is 0.494 e. The molecule has 0 aliphatic carbocycles. The van der Waals surface area contributed by atoms with Gasteiger partial charge in [-0.2, -0.15) is 4.57 Å². The summed E-state index contributed by atoms with van der Waals surface area (Å²) in [6.45, 7) is 5.87. The number of carbonyl (C=O) groups is 1. The molecule has 1 heterocycles. The van der Waals surface area contributed by atoms with Gasteiger partial charge in [0.1, 0.15) is 5.75 Å². The number of aryl methyl sites for hydroxylation is 1. The molecule has 1 amide bonds. The van der Waals surface area contributed by atoms with E-state index >= 15 is 0 Å². The molecule has 0 saturated heterocycles. The van der Waals surface area contributed by atoms with Crippen LogP contribution in [0.2, 0.25) is 0 Å². The van der Waals surface area contributed by atoms with Crippen LogP contribution in [0.5, 0.6) is 5.75 Å². The van der Waals surface area contributed by atoms with E-state index in [1.54, 1.807) is 11.3 Å². The number of unbranched alkanes of at least 4 members (excludes halogenated alkanes) is 11. The molecule has 0 aliphatic heterocycles. The van der Waals surface area contributed by atoms with Gasteiger partial charge in [0.05, 0.1) is 12.0 Å². The lowest BCUT2D eigenvalue weighted by molar-refractivity contribution is -0.689. The van der Waals surface area contributed by atoms with Crippen molar-refractivity contribution in [2.45, 2.75) is 97.4 Å². The summed E-state index contributed by atoms with van der Waals surface area (Å²) in [7, 11) is 0. The van der Waals surface area contributed by atoms with Gasteiger partial charge in [-0.3, -0.25) is 4.79 Å². The van der Waals surface area contributed by atoms with E-state index in [9.17, 15) is 4.79 Å². The predicted molar refractivity (Wildman–Crippen MR) is 156 cm³/mol. The maximum atomic E-state index is 12.9. The van der Waals surface area contributed by atoms with Crippen LogP contribution in [0.1, 0.15) is 106 Å². The van der Waals surface area contributed by atoms with Crippen LogP contribution in [0.4, 0.5) is 5.69 Å². The number of hydrogen-bond donors (Lipinski definition) is 1. The lowest BCUT2D eigenvalue weighted by atomic mass is 10.1. The maximum absolute atomic E-state index is 12.9. The zero-order chi connectivity index (χ0) is 26.1. The summed E-state index contributed by atoms with van der Waals surface area (Å²) in [5.74, 6) is 0.640. The predicted octanol–water partition coefficient (Wildman–Crippen LogP) is 8.72. The zero-order valence-corrected chi connectivity index (χ0v) is 23.7. The average Bonchev–Trinajstić information content (AvgIpc) is 3.31. The van der Waals surface area contributed by atoms with Crippen LogP contribution in [-0.4, -0.2) is 12.5 Å². The van der Waals surface area contributed by atoms with Gasteiger partial charge >= 0.3 is 0 Å². The normalized spacial score (nSPS) is 11.0. The Kier molecular flexibility index (Phi) is 13.3. The first-order valence-corrected chi connectivity index (χ1v) is 15.2. The second kappa shape index (κ2) is 17.0. The van der Waals surface area contributed by atoms with Crippen LogP contribution in [-0.2, 0) is 6.54 Å². The fraction of sp³-hybridized carbons (Fsp3) is 0.500. The molecule has 3 rings (SSSR count). The first-order valence-electron chi connectivity index (χ1n) is 14.2. The SMILES string of the molecule is CCCCCCCCCCCCCCOc1cccc(C(=O)Nc2cccc(C[n+]3cscc3C)c2)c1. The molecule has 200 valence electrons. The molecule has 0 fully saturated rings. The second-order valence-corrected chi connectivity index (χ2v) is 10.8. The average molecular weight is 522 g/mol. The van der Waals surface area contributed by atoms with Crippen molar-refractivity contribution in [3.05, 3.63) is 76.2 Å². The molecule has 37 heavy (non-hydrogen) atoms. The zero-order valence-electron chi connectivity index (χ0n) is 22.8. The van der Waals surface area contributed by atoms with E-state index in [-0.39, 0.29) is 5.91 Å². The van der Waals surface area contributed by atoms with Crippen LogP contribution in [0, 0.1) is 6.92 Å². The molecule has 0 spiro atoms. The number of carbonyl (C=O) groups excluding carboxylic acids is 1. The Hall–Kier alpha value is -2.66. The Morgan fingerprint density at radius 3 is 2.22 bits per heavy atom. The molecule has 0 saturated carbocycles. The Morgan fingerprint density at radius 2 is 1.54 bits per heavy atom. The number of nitrogens with one attached hydrogen (secondary N) is 1. The molecule has 1 N–H and O–H groups in total. The standard InChI is InChI=1S/C32H44N2O2S/c1-3-4-5-6-7-8-9-10-11-12-13-14-21-36-31-20-16-18-29(23-31)32(35)33-30-19-15-17-28(22-30)24-34-26-37-25-27(34)2/h15-20,22-23,25-26H,3-14,21,24H2,1-2H3/p+1. The minimum atomic E-state index is -0.118. The van der Waals surface area contributed by atoms with Gasteiger partial charge in [0, 0.05) is 23.7 Å². The van der Waals surface area contributed by atoms with Crippen LogP contribution in [0.25, 0.3) is 0 Å². The van der Waals surface area contributed by atoms with Crippen molar-refractivity contribution in [1.29, 1.82) is 0 Å². The van der Waals surface area contributed by atoms with E-state index in [1.165, 1.54) is 76.3 Å². The van der Waals surface area contributed by atoms with Crippen molar-refractivity contribution >= 4 is 22.9 Å². The number of ether oxygens (including phenoxy) is 1. The molecule has 1 aromatic heterocycles. The number of amides is 1. The van der Waals surface area contributed by atoms with Crippen molar-refractivity contribution in [1.82, 2.24) is 0 Å². The molecular formula is C32H45N2O2S+. The van der Waals surface area contributed by atoms with Gasteiger partial charge in [0.15, 0.2) is 12.2 Å². The molecule has 5 heteroatoms. The Labute approximate surface area is 228 Å². The first kappa shape index (κ1) is 28.9. The molecule has 0 bridgehead atoms. The smallest absolute Gasteiger partial charge is 0.255 e. The Balaban J connectivity index is 1.32. The van der Waals surface area contributed by atoms with Gasteiger partial charge in [-0.05, 0) is 36.8 Å². The monoisotopic (exact) mass is 521 g/mol. The third-order valence-corrected chi connectivity index (χ3v) is 7.63. The van der Waals surface area contributed by atoms with Gasteiger partial charge < -0.3 is 10.1 Å². The van der Waals surface area contributed by atoms with Gasteiger partial charge in [-0.25, -0.2) is 0 Å². The number of anilines is 1. The van der Waals surface area contributed by atoms with Crippen LogP contribution in [0.3, 0.4) is 0 Å². The maximum Gasteiger partial charge on any atom is 0.255 e. The van der Waals surface area contributed by atoms with E-state index in [4.69, 9.17) is 4.74 Å². The van der Waals surface area contributed by atoms with Crippen molar-refractivity contribution in [3.63, 3.8) is 0 Å². The summed E-state index contributed by atoms with van der Waals surface area (Å²) >= 11 is 1.70. The highest BCUT2D eigenvalue weighted by Crippen LogP contribution is 2.18. The highest BCUT2D eigenvalue weighted by molar-refractivity contribution is 7.07. The lowest BCUT2D eigenvalue weighted by Crippen LogP contribution is -2.34. The van der Waals surface area contributed by atoms with E-state index in [0.717, 1.165) is 30.0 Å². The quantitative estimate of drug-likeness (QED) is 0.134. The van der Waals surface area contributed by atoms with Gasteiger partial charge in [-0.15, -0.1) is 0 Å². The number of rotatable bonds is 18. The van der Waals surface area contributed by atoms with Crippen LogP contribution < -0.4 is 14.6 Å². The highest BCUT2D eigenvalue weighted by Gasteiger charge is 2.11. The summed E-state index contributed by atoms with van der Waals surface area (Å²) in [6, 6.07) is 15.5. The number of nitrogens with zero attached hydrogens (tertiary/aromatic N) is 1. The minimum Gasteiger partial charge on any atom is -0.494 e. The fourth-order valence-corrected chi connectivity index (χ4v) is 5.30. The first-order chi connectivity index (χ1) is 18.2. The minimum absolute atomic E-state index is 0.118. The Morgan fingerprint density at radius 1 is 0.865 bits per heavy atom. The van der Waals surface area contributed by atoms with E-state index in [0.29, 0.717) is 12.2 Å². The third kappa shape index (κ3) is 11.1. The summed E-state index contributed by atoms with van der Waals surface area (Å²) < 4.78 is 8.16. The van der Waals surface area contributed by atoms with Gasteiger partial charge in [0.2, 0.25) is 5.51 Å². The Bertz CT molecular complexity index is 1060. The molecule has 0 atom stereocenters. The summed E-state index contributed by atoms with van der Waals surface area (Å²) in [5, 5.41) is 5.17. The molecule has 0 radical (unpaired) electrons. The van der Waals surface area contributed by atoms with Crippen molar-refractivity contribution in [3.8, 4) is 5.75 Å². The second-order valence-electron chi connectivity index (χ2n) is 10.0. The number of hydrogen-bond acceptors (Lipinski definition) is 3. The van der Waals surface area contributed by atoms with Gasteiger partial charge in [-0.1, -0.05) is 107 Å².